The van der Waals surface area contributed by atoms with Gasteiger partial charge in [-0.3, -0.25) is 4.90 Å². The zero-order valence-corrected chi connectivity index (χ0v) is 10.2. The van der Waals surface area contributed by atoms with E-state index in [0.717, 1.165) is 5.56 Å². The van der Waals surface area contributed by atoms with Crippen LogP contribution in [0.3, 0.4) is 0 Å². The number of benzene rings is 1. The third-order valence-electron chi connectivity index (χ3n) is 2.99. The summed E-state index contributed by atoms with van der Waals surface area (Å²) in [6.07, 6.45) is 0.171. The van der Waals surface area contributed by atoms with Crippen LogP contribution < -0.4 is 0 Å². The molecule has 0 aliphatic carbocycles. The van der Waals surface area contributed by atoms with E-state index in [9.17, 15) is 4.79 Å². The standard InChI is InChI=1S/C13H16N2O3/c1-2-18-13(16)15-9-11(14-17)8-12(15)10-6-4-3-5-7-10/h3-7,12,17H,2,8-9H2,1H3/b14-11-. The van der Waals surface area contributed by atoms with Crippen LogP contribution in [0.4, 0.5) is 4.79 Å². The highest BCUT2D eigenvalue weighted by atomic mass is 16.6. The van der Waals surface area contributed by atoms with Gasteiger partial charge in [0.05, 0.1) is 24.9 Å². The Labute approximate surface area is 106 Å². The summed E-state index contributed by atoms with van der Waals surface area (Å²) in [6.45, 7) is 2.42. The number of hydrogen-bond acceptors (Lipinski definition) is 4. The lowest BCUT2D eigenvalue weighted by atomic mass is 10.0. The van der Waals surface area contributed by atoms with Gasteiger partial charge in [0.25, 0.3) is 0 Å². The Kier molecular flexibility index (Phi) is 3.82. The van der Waals surface area contributed by atoms with E-state index in [2.05, 4.69) is 5.16 Å². The predicted molar refractivity (Wildman–Crippen MR) is 66.7 cm³/mol. The summed E-state index contributed by atoms with van der Waals surface area (Å²) in [6, 6.07) is 9.57. The summed E-state index contributed by atoms with van der Waals surface area (Å²) < 4.78 is 5.02. The molecule has 2 rings (SSSR count). The van der Waals surface area contributed by atoms with E-state index < -0.39 is 0 Å². The van der Waals surface area contributed by atoms with Crippen LogP contribution in [0.15, 0.2) is 35.5 Å². The van der Waals surface area contributed by atoms with Crippen LogP contribution in [0.1, 0.15) is 24.9 Å². The number of amides is 1. The molecule has 1 aromatic rings. The Balaban J connectivity index is 2.23. The Morgan fingerprint density at radius 3 is 2.83 bits per heavy atom. The Morgan fingerprint density at radius 1 is 1.50 bits per heavy atom. The molecular weight excluding hydrogens is 232 g/mol. The van der Waals surface area contributed by atoms with Crippen molar-refractivity contribution in [2.75, 3.05) is 13.2 Å². The molecule has 18 heavy (non-hydrogen) atoms. The van der Waals surface area contributed by atoms with Gasteiger partial charge in [0.15, 0.2) is 0 Å². The van der Waals surface area contributed by atoms with Crippen molar-refractivity contribution >= 4 is 11.8 Å². The topological polar surface area (TPSA) is 62.1 Å². The van der Waals surface area contributed by atoms with Gasteiger partial charge in [-0.2, -0.15) is 0 Å². The molecule has 96 valence electrons. The van der Waals surface area contributed by atoms with Gasteiger partial charge in [0, 0.05) is 6.42 Å². The highest BCUT2D eigenvalue weighted by Gasteiger charge is 2.35. The Morgan fingerprint density at radius 2 is 2.22 bits per heavy atom. The Bertz CT molecular complexity index is 445. The number of oxime groups is 1. The average molecular weight is 248 g/mol. The van der Waals surface area contributed by atoms with Gasteiger partial charge in [-0.15, -0.1) is 0 Å². The van der Waals surface area contributed by atoms with Crippen molar-refractivity contribution < 1.29 is 14.7 Å². The van der Waals surface area contributed by atoms with Gasteiger partial charge < -0.3 is 9.94 Å². The molecule has 5 nitrogen and oxygen atoms in total. The molecule has 1 saturated heterocycles. The molecule has 1 N–H and O–H groups in total. The maximum atomic E-state index is 11.9. The maximum Gasteiger partial charge on any atom is 0.410 e. The minimum Gasteiger partial charge on any atom is -0.450 e. The van der Waals surface area contributed by atoms with Crippen LogP contribution in [-0.2, 0) is 4.74 Å². The second kappa shape index (κ2) is 5.53. The van der Waals surface area contributed by atoms with E-state index in [4.69, 9.17) is 9.94 Å². The zero-order valence-electron chi connectivity index (χ0n) is 10.2. The summed E-state index contributed by atoms with van der Waals surface area (Å²) in [5.41, 5.74) is 1.61. The van der Waals surface area contributed by atoms with Crippen molar-refractivity contribution in [1.82, 2.24) is 4.90 Å². The molecule has 1 fully saturated rings. The van der Waals surface area contributed by atoms with Crippen LogP contribution in [0.5, 0.6) is 0 Å². The van der Waals surface area contributed by atoms with Crippen LogP contribution in [0, 0.1) is 0 Å². The lowest BCUT2D eigenvalue weighted by molar-refractivity contribution is 0.104. The fourth-order valence-corrected chi connectivity index (χ4v) is 2.15. The molecule has 1 aliphatic heterocycles. The van der Waals surface area contributed by atoms with E-state index in [-0.39, 0.29) is 12.1 Å². The van der Waals surface area contributed by atoms with Crippen molar-refractivity contribution in [3.8, 4) is 0 Å². The van der Waals surface area contributed by atoms with Crippen LogP contribution >= 0.6 is 0 Å². The van der Waals surface area contributed by atoms with E-state index in [1.165, 1.54) is 0 Å². The molecule has 1 unspecified atom stereocenters. The van der Waals surface area contributed by atoms with E-state index in [0.29, 0.717) is 25.3 Å². The van der Waals surface area contributed by atoms with Gasteiger partial charge in [0.1, 0.15) is 0 Å². The molecule has 1 atom stereocenters. The number of carbonyl (C=O) groups excluding carboxylic acids is 1. The summed E-state index contributed by atoms with van der Waals surface area (Å²) in [5.74, 6) is 0. The number of likely N-dealkylation sites (tertiary alicyclic amines) is 1. The normalized spacial score (nSPS) is 21.3. The Hall–Kier alpha value is -2.04. The third-order valence-corrected chi connectivity index (χ3v) is 2.99. The molecule has 0 bridgehead atoms. The average Bonchev–Trinajstić information content (AvgIpc) is 2.84. The number of rotatable bonds is 2. The second-order valence-electron chi connectivity index (χ2n) is 4.12. The summed E-state index contributed by atoms with van der Waals surface area (Å²) in [4.78, 5) is 13.4. The fraction of sp³-hybridized carbons (Fsp3) is 0.385. The second-order valence-corrected chi connectivity index (χ2v) is 4.12. The SMILES string of the molecule is CCOC(=O)N1C/C(=N\O)CC1c1ccccc1. The van der Waals surface area contributed by atoms with Crippen molar-refractivity contribution in [3.05, 3.63) is 35.9 Å². The largest absolute Gasteiger partial charge is 0.450 e. The zero-order chi connectivity index (χ0) is 13.0. The first kappa shape index (κ1) is 12.4. The molecular formula is C13H16N2O3. The number of carbonyl (C=O) groups is 1. The fourth-order valence-electron chi connectivity index (χ4n) is 2.15. The van der Waals surface area contributed by atoms with E-state index in [1.54, 1.807) is 11.8 Å². The summed E-state index contributed by atoms with van der Waals surface area (Å²) >= 11 is 0. The lowest BCUT2D eigenvalue weighted by Gasteiger charge is -2.23. The van der Waals surface area contributed by atoms with Crippen molar-refractivity contribution in [2.45, 2.75) is 19.4 Å². The number of nitrogens with zero attached hydrogens (tertiary/aromatic N) is 2. The highest BCUT2D eigenvalue weighted by Crippen LogP contribution is 2.30. The quantitative estimate of drug-likeness (QED) is 0.645. The molecule has 1 amide bonds. The molecule has 1 heterocycles. The first-order chi connectivity index (χ1) is 8.76. The molecule has 5 heteroatoms. The van der Waals surface area contributed by atoms with Gasteiger partial charge in [-0.1, -0.05) is 35.5 Å². The smallest absolute Gasteiger partial charge is 0.410 e. The van der Waals surface area contributed by atoms with Crippen molar-refractivity contribution in [1.29, 1.82) is 0 Å². The summed E-state index contributed by atoms with van der Waals surface area (Å²) in [5, 5.41) is 12.1. The van der Waals surface area contributed by atoms with Crippen LogP contribution in [0.25, 0.3) is 0 Å². The van der Waals surface area contributed by atoms with Crippen molar-refractivity contribution in [2.24, 2.45) is 5.16 Å². The van der Waals surface area contributed by atoms with Crippen LogP contribution in [0.2, 0.25) is 0 Å². The third kappa shape index (κ3) is 2.45. The molecule has 1 aromatic carbocycles. The number of ether oxygens (including phenoxy) is 1. The van der Waals surface area contributed by atoms with Gasteiger partial charge in [0.2, 0.25) is 0 Å². The van der Waals surface area contributed by atoms with Crippen molar-refractivity contribution in [3.63, 3.8) is 0 Å². The minimum atomic E-state index is -0.370. The predicted octanol–water partition coefficient (Wildman–Crippen LogP) is 2.42. The molecule has 0 spiro atoms. The van der Waals surface area contributed by atoms with Gasteiger partial charge in [-0.25, -0.2) is 4.79 Å². The van der Waals surface area contributed by atoms with Gasteiger partial charge in [-0.05, 0) is 12.5 Å². The first-order valence-electron chi connectivity index (χ1n) is 5.94. The van der Waals surface area contributed by atoms with E-state index in [1.807, 2.05) is 30.3 Å². The molecule has 0 saturated carbocycles. The van der Waals surface area contributed by atoms with E-state index >= 15 is 0 Å². The molecule has 0 radical (unpaired) electrons. The summed E-state index contributed by atoms with van der Waals surface area (Å²) in [7, 11) is 0. The lowest BCUT2D eigenvalue weighted by Crippen LogP contribution is -2.31. The number of hydrogen-bond donors (Lipinski definition) is 1. The molecule has 1 aliphatic rings. The monoisotopic (exact) mass is 248 g/mol. The first-order valence-corrected chi connectivity index (χ1v) is 5.94. The van der Waals surface area contributed by atoms with Gasteiger partial charge >= 0.3 is 6.09 Å². The molecule has 0 aromatic heterocycles. The minimum absolute atomic E-state index is 0.115. The maximum absolute atomic E-state index is 11.9. The van der Waals surface area contributed by atoms with Crippen LogP contribution in [-0.4, -0.2) is 35.1 Å². The highest BCUT2D eigenvalue weighted by molar-refractivity contribution is 5.92.